The van der Waals surface area contributed by atoms with Gasteiger partial charge >= 0.3 is 0 Å². The summed E-state index contributed by atoms with van der Waals surface area (Å²) in [6.45, 7) is 0.833. The van der Waals surface area contributed by atoms with Crippen LogP contribution < -0.4 is 10.2 Å². The molecule has 2 amide bonds. The molecule has 0 spiro atoms. The first-order valence-corrected chi connectivity index (χ1v) is 7.89. The molecule has 0 aromatic heterocycles. The summed E-state index contributed by atoms with van der Waals surface area (Å²) in [6.07, 6.45) is 0.214. The highest BCUT2D eigenvalue weighted by atomic mass is 35.5. The molecule has 4 nitrogen and oxygen atoms in total. The predicted octanol–water partition coefficient (Wildman–Crippen LogP) is 3.01. The first-order valence-electron chi connectivity index (χ1n) is 7.51. The first-order chi connectivity index (χ1) is 11.1. The van der Waals surface area contributed by atoms with Crippen LogP contribution in [0.2, 0.25) is 5.02 Å². The summed E-state index contributed by atoms with van der Waals surface area (Å²) >= 11 is 6.14. The molecule has 0 bridgehead atoms. The second-order valence-corrected chi connectivity index (χ2v) is 5.97. The van der Waals surface area contributed by atoms with Crippen LogP contribution in [-0.2, 0) is 16.1 Å². The molecule has 1 aliphatic heterocycles. The highest BCUT2D eigenvalue weighted by Gasteiger charge is 2.35. The fraction of sp³-hybridized carbons (Fsp3) is 0.222. The Balaban J connectivity index is 1.63. The van der Waals surface area contributed by atoms with Gasteiger partial charge in [-0.25, -0.2) is 0 Å². The van der Waals surface area contributed by atoms with Crippen molar-refractivity contribution < 1.29 is 9.59 Å². The molecule has 1 saturated heterocycles. The average molecular weight is 329 g/mol. The van der Waals surface area contributed by atoms with Gasteiger partial charge < -0.3 is 10.2 Å². The normalized spacial score (nSPS) is 17.3. The van der Waals surface area contributed by atoms with Gasteiger partial charge in [-0.1, -0.05) is 54.1 Å². The Morgan fingerprint density at radius 2 is 1.83 bits per heavy atom. The van der Waals surface area contributed by atoms with Gasteiger partial charge in [-0.3, -0.25) is 9.59 Å². The van der Waals surface area contributed by atoms with Gasteiger partial charge in [0.15, 0.2) is 0 Å². The summed E-state index contributed by atoms with van der Waals surface area (Å²) in [7, 11) is 0. The Morgan fingerprint density at radius 1 is 1.13 bits per heavy atom. The van der Waals surface area contributed by atoms with E-state index in [1.807, 2.05) is 42.5 Å². The van der Waals surface area contributed by atoms with Crippen LogP contribution in [0.25, 0.3) is 0 Å². The molecular formula is C18H17ClN2O2. The van der Waals surface area contributed by atoms with Gasteiger partial charge in [0, 0.05) is 19.5 Å². The average Bonchev–Trinajstić information content (AvgIpc) is 2.96. The highest BCUT2D eigenvalue weighted by molar-refractivity contribution is 6.33. The molecule has 0 saturated carbocycles. The van der Waals surface area contributed by atoms with Gasteiger partial charge in [0.25, 0.3) is 0 Å². The molecule has 1 fully saturated rings. The fourth-order valence-corrected chi connectivity index (χ4v) is 2.95. The summed E-state index contributed by atoms with van der Waals surface area (Å²) in [5, 5.41) is 3.42. The topological polar surface area (TPSA) is 49.4 Å². The molecule has 1 aliphatic rings. The van der Waals surface area contributed by atoms with Gasteiger partial charge in [-0.05, 0) is 17.7 Å². The number of benzene rings is 2. The Hall–Kier alpha value is -2.33. The number of carbonyl (C=O) groups excluding carboxylic acids is 2. The number of hydrogen-bond acceptors (Lipinski definition) is 2. The monoisotopic (exact) mass is 328 g/mol. The van der Waals surface area contributed by atoms with Crippen molar-refractivity contribution in [2.45, 2.75) is 13.0 Å². The Labute approximate surface area is 140 Å². The summed E-state index contributed by atoms with van der Waals surface area (Å²) in [5.74, 6) is -0.516. The molecule has 23 heavy (non-hydrogen) atoms. The van der Waals surface area contributed by atoms with Crippen molar-refractivity contribution in [2.75, 3.05) is 11.4 Å². The lowest BCUT2D eigenvalue weighted by atomic mass is 10.1. The second kappa shape index (κ2) is 6.84. The Kier molecular flexibility index (Phi) is 4.63. The fourth-order valence-electron chi connectivity index (χ4n) is 2.72. The van der Waals surface area contributed by atoms with E-state index in [9.17, 15) is 9.59 Å². The molecule has 5 heteroatoms. The zero-order valence-electron chi connectivity index (χ0n) is 12.5. The third kappa shape index (κ3) is 3.54. The summed E-state index contributed by atoms with van der Waals surface area (Å²) in [4.78, 5) is 26.1. The van der Waals surface area contributed by atoms with Gasteiger partial charge in [-0.15, -0.1) is 0 Å². The zero-order chi connectivity index (χ0) is 16.2. The molecule has 2 aromatic rings. The van der Waals surface area contributed by atoms with E-state index >= 15 is 0 Å². The van der Waals surface area contributed by atoms with Gasteiger partial charge in [-0.2, -0.15) is 0 Å². The molecule has 1 heterocycles. The van der Waals surface area contributed by atoms with Gasteiger partial charge in [0.05, 0.1) is 16.6 Å². The van der Waals surface area contributed by atoms with E-state index in [0.29, 0.717) is 23.8 Å². The zero-order valence-corrected chi connectivity index (χ0v) is 13.3. The smallest absolute Gasteiger partial charge is 0.227 e. The number of para-hydroxylation sites is 1. The van der Waals surface area contributed by atoms with Crippen molar-refractivity contribution in [3.8, 4) is 0 Å². The summed E-state index contributed by atoms with van der Waals surface area (Å²) in [5.41, 5.74) is 1.70. The lowest BCUT2D eigenvalue weighted by molar-refractivity contribution is -0.126. The molecule has 1 N–H and O–H groups in total. The van der Waals surface area contributed by atoms with Crippen LogP contribution in [0.5, 0.6) is 0 Å². The Morgan fingerprint density at radius 3 is 2.57 bits per heavy atom. The molecule has 2 aromatic carbocycles. The largest absolute Gasteiger partial charge is 0.352 e. The lowest BCUT2D eigenvalue weighted by Gasteiger charge is -2.18. The van der Waals surface area contributed by atoms with Crippen LogP contribution in [0.4, 0.5) is 5.69 Å². The molecule has 0 aliphatic carbocycles. The van der Waals surface area contributed by atoms with Crippen LogP contribution in [0.1, 0.15) is 12.0 Å². The predicted molar refractivity (Wildman–Crippen MR) is 90.2 cm³/mol. The molecule has 0 radical (unpaired) electrons. The Bertz CT molecular complexity index is 718. The summed E-state index contributed by atoms with van der Waals surface area (Å²) < 4.78 is 0. The van der Waals surface area contributed by atoms with Crippen LogP contribution in [0.3, 0.4) is 0 Å². The van der Waals surface area contributed by atoms with Crippen molar-refractivity contribution in [3.05, 3.63) is 65.2 Å². The third-order valence-electron chi connectivity index (χ3n) is 3.95. The van der Waals surface area contributed by atoms with Crippen LogP contribution in [0.15, 0.2) is 54.6 Å². The first kappa shape index (κ1) is 15.6. The number of carbonyl (C=O) groups is 2. The minimum Gasteiger partial charge on any atom is -0.352 e. The van der Waals surface area contributed by atoms with Crippen molar-refractivity contribution in [3.63, 3.8) is 0 Å². The van der Waals surface area contributed by atoms with E-state index in [-0.39, 0.29) is 24.2 Å². The van der Waals surface area contributed by atoms with Crippen molar-refractivity contribution >= 4 is 29.1 Å². The van der Waals surface area contributed by atoms with E-state index < -0.39 is 0 Å². The number of nitrogens with one attached hydrogen (secondary N) is 1. The standard InChI is InChI=1S/C18H17ClN2O2/c19-15-8-4-5-9-16(15)21-12-14(10-17(21)22)18(23)20-11-13-6-2-1-3-7-13/h1-9,14H,10-12H2,(H,20,23). The van der Waals surface area contributed by atoms with E-state index in [2.05, 4.69) is 5.32 Å². The van der Waals surface area contributed by atoms with Gasteiger partial charge in [0.1, 0.15) is 0 Å². The maximum atomic E-state index is 12.3. The van der Waals surface area contributed by atoms with Gasteiger partial charge in [0.2, 0.25) is 11.8 Å². The molecule has 118 valence electrons. The van der Waals surface area contributed by atoms with Crippen molar-refractivity contribution in [1.82, 2.24) is 5.32 Å². The van der Waals surface area contributed by atoms with Crippen molar-refractivity contribution in [2.24, 2.45) is 5.92 Å². The van der Waals surface area contributed by atoms with E-state index in [1.54, 1.807) is 17.0 Å². The molecule has 1 unspecified atom stereocenters. The number of nitrogens with zero attached hydrogens (tertiary/aromatic N) is 1. The second-order valence-electron chi connectivity index (χ2n) is 5.56. The van der Waals surface area contributed by atoms with E-state index in [4.69, 9.17) is 11.6 Å². The molecule has 1 atom stereocenters. The quantitative estimate of drug-likeness (QED) is 0.938. The molecular weight excluding hydrogens is 312 g/mol. The number of amides is 2. The number of halogens is 1. The lowest BCUT2D eigenvalue weighted by Crippen LogP contribution is -2.32. The van der Waals surface area contributed by atoms with E-state index in [0.717, 1.165) is 5.56 Å². The maximum absolute atomic E-state index is 12.3. The van der Waals surface area contributed by atoms with Crippen LogP contribution in [0, 0.1) is 5.92 Å². The van der Waals surface area contributed by atoms with Crippen LogP contribution in [-0.4, -0.2) is 18.4 Å². The maximum Gasteiger partial charge on any atom is 0.227 e. The van der Waals surface area contributed by atoms with Crippen LogP contribution >= 0.6 is 11.6 Å². The highest BCUT2D eigenvalue weighted by Crippen LogP contribution is 2.30. The van der Waals surface area contributed by atoms with Crippen molar-refractivity contribution in [1.29, 1.82) is 0 Å². The number of anilines is 1. The SMILES string of the molecule is O=C(NCc1ccccc1)C1CC(=O)N(c2ccccc2Cl)C1. The minimum absolute atomic E-state index is 0.0713. The number of hydrogen-bond donors (Lipinski definition) is 1. The molecule has 3 rings (SSSR count). The number of rotatable bonds is 4. The minimum atomic E-state index is -0.345. The summed E-state index contributed by atoms with van der Waals surface area (Å²) in [6, 6.07) is 16.9. The van der Waals surface area contributed by atoms with E-state index in [1.165, 1.54) is 0 Å². The third-order valence-corrected chi connectivity index (χ3v) is 4.27.